The number of nitrogens with one attached hydrogen (secondary N) is 2. The molecule has 0 saturated carbocycles. The average molecular weight is 724 g/mol. The highest BCUT2D eigenvalue weighted by molar-refractivity contribution is 9.10. The number of hydrogen-bond donors (Lipinski definition) is 2. The van der Waals surface area contributed by atoms with Crippen molar-refractivity contribution < 1.29 is 19.1 Å². The minimum absolute atomic E-state index is 0.0403. The molecule has 4 aliphatic heterocycles. The van der Waals surface area contributed by atoms with E-state index in [9.17, 15) is 14.4 Å². The maximum Gasteiger partial charge on any atom is 0.410 e. The summed E-state index contributed by atoms with van der Waals surface area (Å²) in [6.07, 6.45) is 4.10. The molecule has 260 valence electrons. The number of fused-ring (bicyclic) bond motifs is 1. The summed E-state index contributed by atoms with van der Waals surface area (Å²) in [7, 11) is 0. The van der Waals surface area contributed by atoms with Crippen molar-refractivity contribution in [1.29, 1.82) is 0 Å². The highest BCUT2D eigenvalue weighted by atomic mass is 79.9. The number of rotatable bonds is 6. The molecule has 0 spiro atoms. The normalized spacial score (nSPS) is 22.4. The second kappa shape index (κ2) is 15.6. The fourth-order valence-electron chi connectivity index (χ4n) is 8.04. The number of carbonyl (C=O) groups excluding carboxylic acids is 3. The summed E-state index contributed by atoms with van der Waals surface area (Å²) in [6.45, 7) is 12.4. The quantitative estimate of drug-likeness (QED) is 0.418. The van der Waals surface area contributed by atoms with Gasteiger partial charge in [0.25, 0.3) is 5.91 Å². The van der Waals surface area contributed by atoms with E-state index in [1.807, 2.05) is 41.8 Å². The average Bonchev–Trinajstić information content (AvgIpc) is 3.41. The molecule has 4 heterocycles. The number of likely N-dealkylation sites (tertiary alicyclic amines) is 2. The summed E-state index contributed by atoms with van der Waals surface area (Å²) in [6, 6.07) is 13.0. The predicted molar refractivity (Wildman–Crippen MR) is 191 cm³/mol. The first-order valence-corrected chi connectivity index (χ1v) is 18.6. The smallest absolute Gasteiger partial charge is 0.410 e. The van der Waals surface area contributed by atoms with E-state index in [0.717, 1.165) is 77.7 Å². The van der Waals surface area contributed by atoms with Gasteiger partial charge in [-0.1, -0.05) is 46.3 Å². The van der Waals surface area contributed by atoms with Gasteiger partial charge in [0.15, 0.2) is 6.10 Å². The molecule has 11 heteroatoms. The van der Waals surface area contributed by atoms with Crippen LogP contribution in [-0.4, -0.2) is 114 Å². The van der Waals surface area contributed by atoms with Gasteiger partial charge >= 0.3 is 12.1 Å². The van der Waals surface area contributed by atoms with E-state index in [-0.39, 0.29) is 18.0 Å². The van der Waals surface area contributed by atoms with Gasteiger partial charge in [0, 0.05) is 74.0 Å². The van der Waals surface area contributed by atoms with E-state index in [1.54, 1.807) is 4.90 Å². The van der Waals surface area contributed by atoms with E-state index >= 15 is 0 Å². The van der Waals surface area contributed by atoms with E-state index in [4.69, 9.17) is 4.74 Å². The van der Waals surface area contributed by atoms with Gasteiger partial charge in [0.05, 0.1) is 0 Å². The monoisotopic (exact) mass is 722 g/mol. The summed E-state index contributed by atoms with van der Waals surface area (Å²) in [5.74, 6) is -0.110. The van der Waals surface area contributed by atoms with Crippen molar-refractivity contribution in [3.8, 4) is 0 Å². The Morgan fingerprint density at radius 2 is 1.60 bits per heavy atom. The zero-order valence-corrected chi connectivity index (χ0v) is 30.3. The van der Waals surface area contributed by atoms with Crippen molar-refractivity contribution in [2.24, 2.45) is 0 Å². The molecule has 2 atom stereocenters. The Morgan fingerprint density at radius 1 is 0.938 bits per heavy atom. The molecule has 1 unspecified atom stereocenters. The van der Waals surface area contributed by atoms with Crippen molar-refractivity contribution >= 4 is 39.6 Å². The number of carbonyl (C=O) groups is 3. The van der Waals surface area contributed by atoms with Crippen molar-refractivity contribution in [3.63, 3.8) is 0 Å². The van der Waals surface area contributed by atoms with Crippen molar-refractivity contribution in [2.45, 2.75) is 89.9 Å². The molecule has 0 aliphatic carbocycles. The molecule has 2 aromatic rings. The van der Waals surface area contributed by atoms with Crippen molar-refractivity contribution in [1.82, 2.24) is 24.9 Å². The maximum atomic E-state index is 14.1. The Labute approximate surface area is 293 Å². The largest absolute Gasteiger partial charge is 0.436 e. The Kier molecular flexibility index (Phi) is 11.3. The number of piperidine rings is 2. The van der Waals surface area contributed by atoms with Crippen LogP contribution in [0.5, 0.6) is 0 Å². The molecule has 2 aromatic carbocycles. The van der Waals surface area contributed by atoms with E-state index < -0.39 is 12.2 Å². The SMILES string of the molecule is Cc1cc(C[C@@H](OC(=O)N2CCC(N3CCc4ccccc4NC3=O)CC2)C(=O)N2CCC(N3CCCNCC3C)CC2)cc(C)c1Br. The second-order valence-electron chi connectivity index (χ2n) is 14.1. The molecule has 48 heavy (non-hydrogen) atoms. The zero-order chi connectivity index (χ0) is 33.8. The number of aryl methyl sites for hydroxylation is 2. The lowest BCUT2D eigenvalue weighted by atomic mass is 9.98. The van der Waals surface area contributed by atoms with Gasteiger partial charge in [0.2, 0.25) is 0 Å². The van der Waals surface area contributed by atoms with Gasteiger partial charge in [-0.2, -0.15) is 0 Å². The lowest BCUT2D eigenvalue weighted by Crippen LogP contribution is -2.53. The molecule has 4 amide bonds. The maximum absolute atomic E-state index is 14.1. The summed E-state index contributed by atoms with van der Waals surface area (Å²) in [5, 5.41) is 6.60. The summed E-state index contributed by atoms with van der Waals surface area (Å²) in [5.41, 5.74) is 5.17. The fourth-order valence-corrected chi connectivity index (χ4v) is 8.27. The molecule has 10 nitrogen and oxygen atoms in total. The zero-order valence-electron chi connectivity index (χ0n) is 28.7. The van der Waals surface area contributed by atoms with Gasteiger partial charge in [-0.25, -0.2) is 9.59 Å². The molecule has 0 aromatic heterocycles. The molecular weight excluding hydrogens is 672 g/mol. The molecule has 6 rings (SSSR count). The minimum atomic E-state index is -0.900. The van der Waals surface area contributed by atoms with Crippen LogP contribution < -0.4 is 10.6 Å². The van der Waals surface area contributed by atoms with E-state index in [1.165, 1.54) is 0 Å². The van der Waals surface area contributed by atoms with Crippen LogP contribution in [0.2, 0.25) is 0 Å². The number of anilines is 1. The molecule has 4 aliphatic rings. The van der Waals surface area contributed by atoms with Crippen LogP contribution in [0.15, 0.2) is 40.9 Å². The Hall–Kier alpha value is -3.15. The van der Waals surface area contributed by atoms with Crippen LogP contribution in [0, 0.1) is 13.8 Å². The number of halogens is 1. The van der Waals surface area contributed by atoms with Crippen molar-refractivity contribution in [3.05, 3.63) is 63.1 Å². The topological polar surface area (TPSA) is 97.5 Å². The first-order valence-electron chi connectivity index (χ1n) is 17.8. The summed E-state index contributed by atoms with van der Waals surface area (Å²) in [4.78, 5) is 49.1. The molecule has 2 N–H and O–H groups in total. The third-order valence-electron chi connectivity index (χ3n) is 10.8. The second-order valence-corrected chi connectivity index (χ2v) is 14.9. The Balaban J connectivity index is 1.09. The molecule has 0 radical (unpaired) electrons. The van der Waals surface area contributed by atoms with Gasteiger partial charge in [-0.15, -0.1) is 0 Å². The van der Waals surface area contributed by atoms with E-state index in [0.29, 0.717) is 64.1 Å². The lowest BCUT2D eigenvalue weighted by Gasteiger charge is -2.41. The van der Waals surface area contributed by atoms with Crippen LogP contribution >= 0.6 is 15.9 Å². The van der Waals surface area contributed by atoms with Gasteiger partial charge < -0.3 is 30.1 Å². The predicted octanol–water partition coefficient (Wildman–Crippen LogP) is 5.34. The van der Waals surface area contributed by atoms with Crippen LogP contribution in [0.1, 0.15) is 61.3 Å². The van der Waals surface area contributed by atoms with Gasteiger partial charge in [0.1, 0.15) is 0 Å². The first-order chi connectivity index (χ1) is 23.2. The molecule has 3 fully saturated rings. The number of nitrogens with zero attached hydrogens (tertiary/aromatic N) is 4. The number of ether oxygens (including phenoxy) is 1. The standard InChI is InChI=1S/C37H51BrN6O4/c1-25-21-28(22-26(2)34(25)38)23-33(35(45)41-16-10-30(11-17-41)43-15-6-14-39-24-27(43)3)48-37(47)42-18-12-31(13-19-42)44-20-9-29-7-4-5-8-32(29)40-36(44)46/h4-5,7-8,21-22,27,30-31,33,39H,6,9-20,23-24H2,1-3H3,(H,40,46)/t27?,33-/m1/s1. The third kappa shape index (κ3) is 8.00. The number of hydrogen-bond acceptors (Lipinski definition) is 6. The van der Waals surface area contributed by atoms with Crippen LogP contribution in [0.4, 0.5) is 15.3 Å². The highest BCUT2D eigenvalue weighted by Gasteiger charge is 2.37. The molecule has 3 saturated heterocycles. The van der Waals surface area contributed by atoms with Crippen molar-refractivity contribution in [2.75, 3.05) is 57.7 Å². The number of benzene rings is 2. The molecule has 0 bridgehead atoms. The lowest BCUT2D eigenvalue weighted by molar-refractivity contribution is -0.142. The van der Waals surface area contributed by atoms with Gasteiger partial charge in [-0.05, 0) is 101 Å². The van der Waals surface area contributed by atoms with Crippen LogP contribution in [0.25, 0.3) is 0 Å². The van der Waals surface area contributed by atoms with Crippen LogP contribution in [-0.2, 0) is 22.4 Å². The molecular formula is C37H51BrN6O4. The summed E-state index contributed by atoms with van der Waals surface area (Å²) >= 11 is 3.66. The third-order valence-corrected chi connectivity index (χ3v) is 12.0. The summed E-state index contributed by atoms with van der Waals surface area (Å²) < 4.78 is 7.18. The van der Waals surface area contributed by atoms with Gasteiger partial charge in [-0.3, -0.25) is 9.69 Å². The number of para-hydroxylation sites is 1. The highest BCUT2D eigenvalue weighted by Crippen LogP contribution is 2.27. The Morgan fingerprint density at radius 3 is 2.33 bits per heavy atom. The Bertz CT molecular complexity index is 1450. The van der Waals surface area contributed by atoms with Crippen LogP contribution in [0.3, 0.4) is 0 Å². The first kappa shape index (κ1) is 34.7. The van der Waals surface area contributed by atoms with E-state index in [2.05, 4.69) is 56.6 Å². The fraction of sp³-hybridized carbons (Fsp3) is 0.595. The minimum Gasteiger partial charge on any atom is -0.436 e. The number of amides is 4. The number of urea groups is 1.